The Hall–Kier alpha value is -0.0800. The highest BCUT2D eigenvalue weighted by Crippen LogP contribution is 2.18. The van der Waals surface area contributed by atoms with E-state index in [1.807, 2.05) is 0 Å². The van der Waals surface area contributed by atoms with Gasteiger partial charge in [-0.2, -0.15) is 0 Å². The van der Waals surface area contributed by atoms with E-state index in [2.05, 4.69) is 31.1 Å². The molecule has 0 saturated carbocycles. The van der Waals surface area contributed by atoms with Crippen LogP contribution in [0.25, 0.3) is 0 Å². The zero-order valence-electron chi connectivity index (χ0n) is 12.2. The molecular formula is C15H32N2. The Balaban J connectivity index is 1.95. The van der Waals surface area contributed by atoms with Gasteiger partial charge >= 0.3 is 0 Å². The van der Waals surface area contributed by atoms with Crippen LogP contribution in [0.2, 0.25) is 0 Å². The SMILES string of the molecule is CCCCCC(C)NCCC1CCN(C)CC1. The van der Waals surface area contributed by atoms with Gasteiger partial charge in [0.1, 0.15) is 0 Å². The molecule has 0 bridgehead atoms. The first-order valence-corrected chi connectivity index (χ1v) is 7.64. The van der Waals surface area contributed by atoms with Crippen LogP contribution in [0.15, 0.2) is 0 Å². The van der Waals surface area contributed by atoms with Crippen molar-refractivity contribution < 1.29 is 0 Å². The van der Waals surface area contributed by atoms with Crippen LogP contribution in [-0.2, 0) is 0 Å². The van der Waals surface area contributed by atoms with Gasteiger partial charge in [-0.3, -0.25) is 0 Å². The lowest BCUT2D eigenvalue weighted by atomic mass is 9.94. The molecule has 0 amide bonds. The van der Waals surface area contributed by atoms with Gasteiger partial charge in [0.2, 0.25) is 0 Å². The third-order valence-electron chi connectivity index (χ3n) is 4.12. The van der Waals surface area contributed by atoms with E-state index in [9.17, 15) is 0 Å². The van der Waals surface area contributed by atoms with Gasteiger partial charge in [-0.1, -0.05) is 26.2 Å². The maximum atomic E-state index is 3.69. The number of nitrogens with one attached hydrogen (secondary N) is 1. The molecule has 1 saturated heterocycles. The van der Waals surface area contributed by atoms with Crippen molar-refractivity contribution in [3.05, 3.63) is 0 Å². The number of hydrogen-bond acceptors (Lipinski definition) is 2. The summed E-state index contributed by atoms with van der Waals surface area (Å²) in [6.07, 6.45) is 9.65. The van der Waals surface area contributed by atoms with Crippen LogP contribution in [0.5, 0.6) is 0 Å². The molecule has 0 radical (unpaired) electrons. The summed E-state index contributed by atoms with van der Waals surface area (Å²) in [5.41, 5.74) is 0. The van der Waals surface area contributed by atoms with Gasteiger partial charge in [0.15, 0.2) is 0 Å². The Morgan fingerprint density at radius 1 is 1.24 bits per heavy atom. The van der Waals surface area contributed by atoms with Gasteiger partial charge in [0, 0.05) is 6.04 Å². The van der Waals surface area contributed by atoms with Crippen LogP contribution in [0.1, 0.15) is 58.8 Å². The van der Waals surface area contributed by atoms with Gasteiger partial charge in [-0.05, 0) is 65.2 Å². The van der Waals surface area contributed by atoms with Crippen molar-refractivity contribution in [2.45, 2.75) is 64.8 Å². The predicted molar refractivity (Wildman–Crippen MR) is 76.4 cm³/mol. The lowest BCUT2D eigenvalue weighted by Gasteiger charge is -2.29. The van der Waals surface area contributed by atoms with Crippen molar-refractivity contribution in [1.29, 1.82) is 0 Å². The predicted octanol–water partition coefficient (Wildman–Crippen LogP) is 3.28. The van der Waals surface area contributed by atoms with Crippen molar-refractivity contribution in [3.8, 4) is 0 Å². The average molecular weight is 240 g/mol. The number of likely N-dealkylation sites (tertiary alicyclic amines) is 1. The van der Waals surface area contributed by atoms with E-state index in [1.54, 1.807) is 0 Å². The summed E-state index contributed by atoms with van der Waals surface area (Å²) in [6, 6.07) is 0.716. The fourth-order valence-electron chi connectivity index (χ4n) is 2.69. The summed E-state index contributed by atoms with van der Waals surface area (Å²) in [5.74, 6) is 0.974. The molecule has 1 fully saturated rings. The van der Waals surface area contributed by atoms with E-state index < -0.39 is 0 Å². The lowest BCUT2D eigenvalue weighted by molar-refractivity contribution is 0.210. The second-order valence-corrected chi connectivity index (χ2v) is 5.89. The van der Waals surface area contributed by atoms with Crippen LogP contribution in [0, 0.1) is 5.92 Å². The summed E-state index contributed by atoms with van der Waals surface area (Å²) in [4.78, 5) is 2.46. The van der Waals surface area contributed by atoms with E-state index in [-0.39, 0.29) is 0 Å². The second kappa shape index (κ2) is 8.93. The molecule has 102 valence electrons. The summed E-state index contributed by atoms with van der Waals surface area (Å²) in [7, 11) is 2.24. The molecule has 1 N–H and O–H groups in total. The van der Waals surface area contributed by atoms with Crippen molar-refractivity contribution in [3.63, 3.8) is 0 Å². The summed E-state index contributed by atoms with van der Waals surface area (Å²) >= 11 is 0. The molecule has 1 aliphatic rings. The fraction of sp³-hybridized carbons (Fsp3) is 1.00. The van der Waals surface area contributed by atoms with Crippen molar-refractivity contribution in [2.24, 2.45) is 5.92 Å². The van der Waals surface area contributed by atoms with Crippen LogP contribution in [0.3, 0.4) is 0 Å². The van der Waals surface area contributed by atoms with Gasteiger partial charge in [0.05, 0.1) is 0 Å². The van der Waals surface area contributed by atoms with Gasteiger partial charge in [-0.15, -0.1) is 0 Å². The minimum Gasteiger partial charge on any atom is -0.314 e. The van der Waals surface area contributed by atoms with Crippen LogP contribution in [-0.4, -0.2) is 37.6 Å². The van der Waals surface area contributed by atoms with Gasteiger partial charge in [0.25, 0.3) is 0 Å². The summed E-state index contributed by atoms with van der Waals surface area (Å²) in [5, 5.41) is 3.69. The molecule has 0 aromatic carbocycles. The molecule has 0 aromatic rings. The first-order valence-electron chi connectivity index (χ1n) is 7.64. The topological polar surface area (TPSA) is 15.3 Å². The average Bonchev–Trinajstić information content (AvgIpc) is 2.32. The normalized spacial score (nSPS) is 20.6. The van der Waals surface area contributed by atoms with E-state index in [4.69, 9.17) is 0 Å². The summed E-state index contributed by atoms with van der Waals surface area (Å²) < 4.78 is 0. The quantitative estimate of drug-likeness (QED) is 0.655. The largest absolute Gasteiger partial charge is 0.314 e. The molecule has 17 heavy (non-hydrogen) atoms. The standard InChI is InChI=1S/C15H32N2/c1-4-5-6-7-14(2)16-11-8-15-9-12-17(3)13-10-15/h14-16H,4-13H2,1-3H3. The van der Waals surface area contributed by atoms with Crippen molar-refractivity contribution in [2.75, 3.05) is 26.7 Å². The maximum absolute atomic E-state index is 3.69. The highest BCUT2D eigenvalue weighted by molar-refractivity contribution is 4.71. The zero-order valence-corrected chi connectivity index (χ0v) is 12.2. The lowest BCUT2D eigenvalue weighted by Crippen LogP contribution is -2.33. The van der Waals surface area contributed by atoms with Gasteiger partial charge in [-0.25, -0.2) is 0 Å². The number of piperidine rings is 1. The van der Waals surface area contributed by atoms with Crippen LogP contribution >= 0.6 is 0 Å². The van der Waals surface area contributed by atoms with Crippen molar-refractivity contribution >= 4 is 0 Å². The molecule has 2 heteroatoms. The Morgan fingerprint density at radius 2 is 1.94 bits per heavy atom. The third kappa shape index (κ3) is 7.05. The minimum absolute atomic E-state index is 0.716. The Kier molecular flexibility index (Phi) is 7.87. The minimum atomic E-state index is 0.716. The molecular weight excluding hydrogens is 208 g/mol. The molecule has 0 spiro atoms. The molecule has 1 atom stereocenters. The van der Waals surface area contributed by atoms with Crippen LogP contribution in [0.4, 0.5) is 0 Å². The van der Waals surface area contributed by atoms with E-state index in [0.29, 0.717) is 6.04 Å². The highest BCUT2D eigenvalue weighted by atomic mass is 15.1. The van der Waals surface area contributed by atoms with Gasteiger partial charge < -0.3 is 10.2 Å². The zero-order chi connectivity index (χ0) is 12.5. The fourth-order valence-corrected chi connectivity index (χ4v) is 2.69. The first-order chi connectivity index (χ1) is 8.22. The molecule has 1 unspecified atom stereocenters. The molecule has 1 rings (SSSR count). The van der Waals surface area contributed by atoms with E-state index in [0.717, 1.165) is 5.92 Å². The first kappa shape index (κ1) is 15.0. The Labute approximate surface area is 108 Å². The van der Waals surface area contributed by atoms with Crippen LogP contribution < -0.4 is 5.32 Å². The number of rotatable bonds is 8. The molecule has 1 heterocycles. The second-order valence-electron chi connectivity index (χ2n) is 5.89. The molecule has 1 aliphatic heterocycles. The third-order valence-corrected chi connectivity index (χ3v) is 4.12. The monoisotopic (exact) mass is 240 g/mol. The summed E-state index contributed by atoms with van der Waals surface area (Å²) in [6.45, 7) is 8.44. The number of hydrogen-bond donors (Lipinski definition) is 1. The Bertz CT molecular complexity index is 174. The maximum Gasteiger partial charge on any atom is 0.00387 e. The molecule has 0 aliphatic carbocycles. The highest BCUT2D eigenvalue weighted by Gasteiger charge is 2.16. The number of nitrogens with zero attached hydrogens (tertiary/aromatic N) is 1. The molecule has 2 nitrogen and oxygen atoms in total. The number of unbranched alkanes of at least 4 members (excludes halogenated alkanes) is 2. The van der Waals surface area contributed by atoms with Crippen molar-refractivity contribution in [1.82, 2.24) is 10.2 Å². The van der Waals surface area contributed by atoms with E-state index >= 15 is 0 Å². The molecule has 0 aromatic heterocycles. The Morgan fingerprint density at radius 3 is 2.59 bits per heavy atom. The smallest absolute Gasteiger partial charge is 0.00387 e. The van der Waals surface area contributed by atoms with E-state index in [1.165, 1.54) is 64.6 Å².